The third kappa shape index (κ3) is 5.27. The van der Waals surface area contributed by atoms with E-state index in [1.807, 2.05) is 12.1 Å². The van der Waals surface area contributed by atoms with Gasteiger partial charge in [0.2, 0.25) is 0 Å². The molecule has 0 saturated heterocycles. The van der Waals surface area contributed by atoms with E-state index in [1.54, 1.807) is 25.5 Å². The minimum atomic E-state index is 0.0819. The summed E-state index contributed by atoms with van der Waals surface area (Å²) in [5.74, 6) is 1.73. The summed E-state index contributed by atoms with van der Waals surface area (Å²) in [5.41, 5.74) is 1.33. The maximum atomic E-state index is 5.26. The summed E-state index contributed by atoms with van der Waals surface area (Å²) >= 11 is 1.80. The zero-order valence-corrected chi connectivity index (χ0v) is 15.7. The van der Waals surface area contributed by atoms with E-state index in [0.717, 1.165) is 31.2 Å². The Labute approximate surface area is 149 Å². The van der Waals surface area contributed by atoms with Gasteiger partial charge < -0.3 is 15.4 Å². The van der Waals surface area contributed by atoms with Crippen LogP contribution in [0.3, 0.4) is 0 Å². The molecule has 0 spiro atoms. The van der Waals surface area contributed by atoms with Gasteiger partial charge >= 0.3 is 0 Å². The number of nitrogens with one attached hydrogen (secondary N) is 2. The van der Waals surface area contributed by atoms with E-state index in [9.17, 15) is 0 Å². The van der Waals surface area contributed by atoms with Gasteiger partial charge in [-0.15, -0.1) is 11.3 Å². The molecule has 0 unspecified atom stereocenters. The van der Waals surface area contributed by atoms with Crippen molar-refractivity contribution in [1.29, 1.82) is 0 Å². The van der Waals surface area contributed by atoms with Crippen LogP contribution in [0.5, 0.6) is 5.75 Å². The van der Waals surface area contributed by atoms with E-state index >= 15 is 0 Å². The molecule has 0 aliphatic carbocycles. The number of methoxy groups -OCH3 is 1. The second-order valence-electron chi connectivity index (χ2n) is 6.32. The molecule has 1 heterocycles. The van der Waals surface area contributed by atoms with Crippen LogP contribution in [0.25, 0.3) is 0 Å². The average Bonchev–Trinajstić information content (AvgIpc) is 3.13. The molecule has 1 aromatic heterocycles. The van der Waals surface area contributed by atoms with Crippen molar-refractivity contribution in [2.75, 3.05) is 27.2 Å². The van der Waals surface area contributed by atoms with Crippen molar-refractivity contribution >= 4 is 17.3 Å². The molecule has 0 radical (unpaired) electrons. The maximum absolute atomic E-state index is 5.26. The third-order valence-electron chi connectivity index (χ3n) is 3.95. The highest BCUT2D eigenvalue weighted by Gasteiger charge is 2.21. The fraction of sp³-hybridized carbons (Fsp3) is 0.421. The van der Waals surface area contributed by atoms with Gasteiger partial charge in [0, 0.05) is 30.4 Å². The number of aliphatic imine (C=N–C) groups is 1. The van der Waals surface area contributed by atoms with Crippen molar-refractivity contribution in [3.8, 4) is 5.75 Å². The lowest BCUT2D eigenvalue weighted by Crippen LogP contribution is -2.43. The van der Waals surface area contributed by atoms with Gasteiger partial charge in [0.1, 0.15) is 5.75 Å². The molecule has 2 aromatic rings. The molecule has 0 amide bonds. The quantitative estimate of drug-likeness (QED) is 0.597. The van der Waals surface area contributed by atoms with Crippen molar-refractivity contribution < 1.29 is 4.74 Å². The number of benzene rings is 1. The molecule has 0 saturated carbocycles. The van der Waals surface area contributed by atoms with E-state index < -0.39 is 0 Å². The molecule has 2 N–H and O–H groups in total. The molecule has 0 bridgehead atoms. The highest BCUT2D eigenvalue weighted by Crippen LogP contribution is 2.26. The summed E-state index contributed by atoms with van der Waals surface area (Å²) in [7, 11) is 3.50. The van der Waals surface area contributed by atoms with Crippen molar-refractivity contribution in [3.63, 3.8) is 0 Å². The van der Waals surface area contributed by atoms with Crippen LogP contribution >= 0.6 is 11.3 Å². The molecule has 0 aliphatic heterocycles. The Hall–Kier alpha value is -2.01. The standard InChI is InChI=1S/C19H27N3OS/c1-19(2,17-9-6-12-24-17)14-22-18(20-3)21-11-10-15-7-5-8-16(13-15)23-4/h5-9,12-13H,10-11,14H2,1-4H3,(H2,20,21,22). The largest absolute Gasteiger partial charge is 0.497 e. The predicted molar refractivity (Wildman–Crippen MR) is 103 cm³/mol. The molecule has 24 heavy (non-hydrogen) atoms. The summed E-state index contributed by atoms with van der Waals surface area (Å²) in [4.78, 5) is 5.69. The Kier molecular flexibility index (Phi) is 6.67. The first kappa shape index (κ1) is 18.3. The molecule has 0 aliphatic rings. The Morgan fingerprint density at radius 2 is 2.04 bits per heavy atom. The lowest BCUT2D eigenvalue weighted by molar-refractivity contribution is 0.414. The molecular weight excluding hydrogens is 318 g/mol. The van der Waals surface area contributed by atoms with Gasteiger partial charge in [-0.2, -0.15) is 0 Å². The van der Waals surface area contributed by atoms with E-state index in [2.05, 4.69) is 59.1 Å². The van der Waals surface area contributed by atoms with E-state index in [1.165, 1.54) is 10.4 Å². The Morgan fingerprint density at radius 1 is 1.21 bits per heavy atom. The Morgan fingerprint density at radius 3 is 2.71 bits per heavy atom. The van der Waals surface area contributed by atoms with Crippen LogP contribution in [0.1, 0.15) is 24.3 Å². The van der Waals surface area contributed by atoms with Gasteiger partial charge in [-0.25, -0.2) is 0 Å². The van der Waals surface area contributed by atoms with Gasteiger partial charge in [-0.1, -0.05) is 32.0 Å². The fourth-order valence-corrected chi connectivity index (χ4v) is 3.28. The number of hydrogen-bond acceptors (Lipinski definition) is 3. The highest BCUT2D eigenvalue weighted by atomic mass is 32.1. The first-order valence-corrected chi connectivity index (χ1v) is 9.04. The molecule has 130 valence electrons. The zero-order valence-electron chi connectivity index (χ0n) is 14.9. The maximum Gasteiger partial charge on any atom is 0.191 e. The van der Waals surface area contributed by atoms with Crippen LogP contribution in [-0.2, 0) is 11.8 Å². The second kappa shape index (κ2) is 8.73. The SMILES string of the molecule is CN=C(NCCc1cccc(OC)c1)NCC(C)(C)c1cccs1. The number of rotatable bonds is 7. The monoisotopic (exact) mass is 345 g/mol. The van der Waals surface area contributed by atoms with Crippen molar-refractivity contribution in [1.82, 2.24) is 10.6 Å². The topological polar surface area (TPSA) is 45.7 Å². The molecular formula is C19H27N3OS. The van der Waals surface area contributed by atoms with Crippen molar-refractivity contribution in [2.45, 2.75) is 25.7 Å². The Bertz CT molecular complexity index is 650. The van der Waals surface area contributed by atoms with Crippen LogP contribution < -0.4 is 15.4 Å². The minimum absolute atomic E-state index is 0.0819. The van der Waals surface area contributed by atoms with Crippen LogP contribution in [0.15, 0.2) is 46.8 Å². The molecule has 0 fully saturated rings. The van der Waals surface area contributed by atoms with Crippen LogP contribution in [-0.4, -0.2) is 33.2 Å². The number of ether oxygens (including phenoxy) is 1. The first-order valence-electron chi connectivity index (χ1n) is 8.16. The van der Waals surface area contributed by atoms with Crippen LogP contribution in [0, 0.1) is 0 Å². The lowest BCUT2D eigenvalue weighted by atomic mass is 9.91. The molecule has 4 nitrogen and oxygen atoms in total. The zero-order chi connectivity index (χ0) is 17.4. The fourth-order valence-electron chi connectivity index (χ4n) is 2.43. The lowest BCUT2D eigenvalue weighted by Gasteiger charge is -2.25. The van der Waals surface area contributed by atoms with Gasteiger partial charge in [-0.05, 0) is 35.6 Å². The molecule has 1 aromatic carbocycles. The van der Waals surface area contributed by atoms with Gasteiger partial charge in [0.25, 0.3) is 0 Å². The minimum Gasteiger partial charge on any atom is -0.497 e. The summed E-state index contributed by atoms with van der Waals surface area (Å²) in [5, 5.41) is 8.93. The molecule has 0 atom stereocenters. The summed E-state index contributed by atoms with van der Waals surface area (Å²) in [6.45, 7) is 6.16. The normalized spacial score (nSPS) is 12.1. The Balaban J connectivity index is 1.80. The van der Waals surface area contributed by atoms with E-state index in [0.29, 0.717) is 0 Å². The first-order chi connectivity index (χ1) is 11.5. The molecule has 2 rings (SSSR count). The van der Waals surface area contributed by atoms with Gasteiger partial charge in [-0.3, -0.25) is 4.99 Å². The van der Waals surface area contributed by atoms with Crippen LogP contribution in [0.2, 0.25) is 0 Å². The average molecular weight is 346 g/mol. The third-order valence-corrected chi connectivity index (χ3v) is 5.19. The number of nitrogens with zero attached hydrogens (tertiary/aromatic N) is 1. The van der Waals surface area contributed by atoms with Gasteiger partial charge in [0.15, 0.2) is 5.96 Å². The van der Waals surface area contributed by atoms with Gasteiger partial charge in [0.05, 0.1) is 7.11 Å². The summed E-state index contributed by atoms with van der Waals surface area (Å²) in [6, 6.07) is 12.4. The second-order valence-corrected chi connectivity index (χ2v) is 7.26. The van der Waals surface area contributed by atoms with Crippen molar-refractivity contribution in [2.24, 2.45) is 4.99 Å². The predicted octanol–water partition coefficient (Wildman–Crippen LogP) is 3.44. The highest BCUT2D eigenvalue weighted by molar-refractivity contribution is 7.10. The van der Waals surface area contributed by atoms with E-state index in [-0.39, 0.29) is 5.41 Å². The molecule has 5 heteroatoms. The summed E-state index contributed by atoms with van der Waals surface area (Å²) in [6.07, 6.45) is 0.923. The van der Waals surface area contributed by atoms with E-state index in [4.69, 9.17) is 4.74 Å². The number of guanidine groups is 1. The smallest absolute Gasteiger partial charge is 0.191 e. The number of thiophene rings is 1. The summed E-state index contributed by atoms with van der Waals surface area (Å²) < 4.78 is 5.26. The van der Waals surface area contributed by atoms with Crippen molar-refractivity contribution in [3.05, 3.63) is 52.2 Å². The van der Waals surface area contributed by atoms with Crippen LogP contribution in [0.4, 0.5) is 0 Å². The number of hydrogen-bond donors (Lipinski definition) is 2.